The van der Waals surface area contributed by atoms with Gasteiger partial charge in [-0.2, -0.15) is 0 Å². The van der Waals surface area contributed by atoms with Crippen LogP contribution in [-0.4, -0.2) is 16.1 Å². The van der Waals surface area contributed by atoms with E-state index in [1.165, 1.54) is 97.3 Å². The molecule has 0 aliphatic carbocycles. The van der Waals surface area contributed by atoms with Crippen LogP contribution in [0, 0.1) is 0 Å². The molecule has 0 saturated heterocycles. The molecule has 0 N–H and O–H groups in total. The molecular formula is C72H60N2Si2. The minimum absolute atomic E-state index is 1.11. The summed E-state index contributed by atoms with van der Waals surface area (Å²) in [4.78, 5) is 4.98. The molecule has 0 bridgehead atoms. The Bertz CT molecular complexity index is 4070. The zero-order valence-corrected chi connectivity index (χ0v) is 46.1. The first-order chi connectivity index (χ1) is 37.0. The Hall–Kier alpha value is -8.55. The van der Waals surface area contributed by atoms with Gasteiger partial charge in [0.05, 0.1) is 27.5 Å². The summed E-state index contributed by atoms with van der Waals surface area (Å²) in [6.07, 6.45) is 0. The Labute approximate surface area is 448 Å². The normalized spacial score (nSPS) is 12.1. The van der Waals surface area contributed by atoms with Gasteiger partial charge in [-0.15, -0.1) is 0 Å². The van der Waals surface area contributed by atoms with Crippen molar-refractivity contribution in [2.24, 2.45) is 0 Å². The van der Waals surface area contributed by atoms with Crippen LogP contribution in [0.3, 0.4) is 0 Å². The maximum absolute atomic E-state index is 2.49. The highest BCUT2D eigenvalue weighted by Crippen LogP contribution is 2.51. The second-order valence-corrected chi connectivity index (χ2v) is 32.7. The van der Waals surface area contributed by atoms with Gasteiger partial charge >= 0.3 is 0 Å². The lowest BCUT2D eigenvalue weighted by Gasteiger charge is -2.30. The lowest BCUT2D eigenvalue weighted by atomic mass is 9.83. The molecule has 4 heteroatoms. The number of hydrogen-bond donors (Lipinski definition) is 0. The van der Waals surface area contributed by atoms with Crippen LogP contribution in [0.25, 0.3) is 86.9 Å². The second kappa shape index (κ2) is 18.7. The van der Waals surface area contributed by atoms with Crippen molar-refractivity contribution in [3.05, 3.63) is 255 Å². The van der Waals surface area contributed by atoms with E-state index in [4.69, 9.17) is 0 Å². The number of anilines is 6. The molecule has 0 aliphatic rings. The predicted molar refractivity (Wildman–Crippen MR) is 338 cm³/mol. The van der Waals surface area contributed by atoms with Gasteiger partial charge < -0.3 is 9.80 Å². The Morgan fingerprint density at radius 1 is 0.237 bits per heavy atom. The minimum atomic E-state index is -1.57. The standard InChI is InChI=1S/C72H60N2Si2/c1-75(2,3)57-41-35-53(36-42-57)73(69-33-17-25-51-21-9-13-29-61(51)69)55-39-45-65-67(47-55)71(63-31-15-23-49-19-7-11-27-59(49)63)66-46-40-56(48-68(66)72(65)64-32-16-24-50-20-8-12-28-60(50)64)74(54-37-43-58(44-38-54)76(4,5)6)70-34-18-26-52-22-10-14-30-62(52)70/h7-48H,1-6H3. The fourth-order valence-corrected chi connectivity index (χ4v) is 14.2. The predicted octanol–water partition coefficient (Wildman–Crippen LogP) is 20.0. The van der Waals surface area contributed by atoms with Gasteiger partial charge in [0.15, 0.2) is 0 Å². The van der Waals surface area contributed by atoms with E-state index in [-0.39, 0.29) is 0 Å². The first kappa shape index (κ1) is 47.2. The summed E-state index contributed by atoms with van der Waals surface area (Å²) in [5.74, 6) is 0. The lowest BCUT2D eigenvalue weighted by Crippen LogP contribution is -2.37. The van der Waals surface area contributed by atoms with E-state index in [2.05, 4.69) is 304 Å². The average molecular weight is 1010 g/mol. The SMILES string of the molecule is C[Si](C)(C)c1ccc(N(c2ccc3c(-c4cccc5ccccc45)c4cc(N(c5ccc([Si](C)(C)C)cc5)c5cccc6ccccc56)ccc4c(-c4cccc5ccccc45)c3c2)c2cccc3ccccc23)cc1. The minimum Gasteiger partial charge on any atom is -0.310 e. The van der Waals surface area contributed by atoms with Crippen LogP contribution in [0.2, 0.25) is 39.3 Å². The fourth-order valence-electron chi connectivity index (χ4n) is 11.8. The highest BCUT2D eigenvalue weighted by atomic mass is 28.3. The first-order valence-corrected chi connectivity index (χ1v) is 33.7. The largest absolute Gasteiger partial charge is 0.310 e. The van der Waals surface area contributed by atoms with Crippen LogP contribution in [0.5, 0.6) is 0 Å². The summed E-state index contributed by atoms with van der Waals surface area (Å²) in [6.45, 7) is 14.6. The average Bonchev–Trinajstić information content (AvgIpc) is 3.47. The van der Waals surface area contributed by atoms with Crippen molar-refractivity contribution in [3.63, 3.8) is 0 Å². The van der Waals surface area contributed by atoms with Gasteiger partial charge in [0, 0.05) is 33.5 Å². The Balaban J connectivity index is 1.16. The molecule has 13 rings (SSSR count). The maximum atomic E-state index is 2.49. The molecule has 2 nitrogen and oxygen atoms in total. The van der Waals surface area contributed by atoms with Crippen molar-refractivity contribution in [1.29, 1.82) is 0 Å². The van der Waals surface area contributed by atoms with E-state index in [9.17, 15) is 0 Å². The van der Waals surface area contributed by atoms with E-state index in [1.54, 1.807) is 0 Å². The zero-order chi connectivity index (χ0) is 51.7. The van der Waals surface area contributed by atoms with Gasteiger partial charge in [0.2, 0.25) is 0 Å². The van der Waals surface area contributed by atoms with Crippen molar-refractivity contribution >= 4 is 125 Å². The molecule has 0 amide bonds. The van der Waals surface area contributed by atoms with Gasteiger partial charge in [0.25, 0.3) is 0 Å². The monoisotopic (exact) mass is 1010 g/mol. The lowest BCUT2D eigenvalue weighted by molar-refractivity contribution is 1.30. The zero-order valence-electron chi connectivity index (χ0n) is 44.1. The Morgan fingerprint density at radius 2 is 0.539 bits per heavy atom. The maximum Gasteiger partial charge on any atom is 0.0775 e. The van der Waals surface area contributed by atoms with Crippen LogP contribution < -0.4 is 20.2 Å². The molecule has 76 heavy (non-hydrogen) atoms. The molecule has 0 radical (unpaired) electrons. The van der Waals surface area contributed by atoms with E-state index < -0.39 is 16.1 Å². The highest BCUT2D eigenvalue weighted by molar-refractivity contribution is 6.89. The molecule has 0 spiro atoms. The van der Waals surface area contributed by atoms with E-state index in [0.29, 0.717) is 0 Å². The third kappa shape index (κ3) is 8.26. The molecular weight excluding hydrogens is 949 g/mol. The van der Waals surface area contributed by atoms with Crippen molar-refractivity contribution in [2.75, 3.05) is 9.80 Å². The van der Waals surface area contributed by atoms with Gasteiger partial charge in [-0.1, -0.05) is 244 Å². The van der Waals surface area contributed by atoms with Gasteiger partial charge in [-0.3, -0.25) is 0 Å². The van der Waals surface area contributed by atoms with Gasteiger partial charge in [0.1, 0.15) is 0 Å². The number of nitrogens with zero attached hydrogens (tertiary/aromatic N) is 2. The van der Waals surface area contributed by atoms with Crippen LogP contribution in [-0.2, 0) is 0 Å². The fraction of sp³-hybridized carbons (Fsp3) is 0.0833. The molecule has 0 saturated carbocycles. The molecule has 0 heterocycles. The van der Waals surface area contributed by atoms with Crippen LogP contribution >= 0.6 is 0 Å². The van der Waals surface area contributed by atoms with E-state index in [0.717, 1.165) is 34.1 Å². The van der Waals surface area contributed by atoms with E-state index in [1.807, 2.05) is 0 Å². The molecule has 0 aliphatic heterocycles. The van der Waals surface area contributed by atoms with Crippen molar-refractivity contribution in [1.82, 2.24) is 0 Å². The number of hydrogen-bond acceptors (Lipinski definition) is 2. The summed E-state index contributed by atoms with van der Waals surface area (Å²) >= 11 is 0. The molecule has 0 atom stereocenters. The highest BCUT2D eigenvalue weighted by Gasteiger charge is 2.26. The van der Waals surface area contributed by atoms with Crippen LogP contribution in [0.4, 0.5) is 34.1 Å². The summed E-state index contributed by atoms with van der Waals surface area (Å²) in [5.41, 5.74) is 11.7. The molecule has 13 aromatic carbocycles. The van der Waals surface area contributed by atoms with Gasteiger partial charge in [-0.25, -0.2) is 0 Å². The van der Waals surface area contributed by atoms with Crippen molar-refractivity contribution in [3.8, 4) is 22.3 Å². The summed E-state index contributed by atoms with van der Waals surface area (Å²) in [5, 5.41) is 17.4. The molecule has 0 aromatic heterocycles. The number of rotatable bonds is 10. The summed E-state index contributed by atoms with van der Waals surface area (Å²) in [7, 11) is -3.15. The molecule has 0 unspecified atom stereocenters. The third-order valence-corrected chi connectivity index (χ3v) is 19.8. The quantitative estimate of drug-likeness (QED) is 0.0995. The van der Waals surface area contributed by atoms with Crippen LogP contribution in [0.15, 0.2) is 255 Å². The number of fused-ring (bicyclic) bond motifs is 6. The molecule has 0 fully saturated rings. The van der Waals surface area contributed by atoms with Crippen LogP contribution in [0.1, 0.15) is 0 Å². The summed E-state index contributed by atoms with van der Waals surface area (Å²) < 4.78 is 0. The summed E-state index contributed by atoms with van der Waals surface area (Å²) in [6, 6.07) is 95.9. The first-order valence-electron chi connectivity index (χ1n) is 26.7. The van der Waals surface area contributed by atoms with Crippen molar-refractivity contribution < 1.29 is 0 Å². The smallest absolute Gasteiger partial charge is 0.0775 e. The topological polar surface area (TPSA) is 6.48 Å². The Kier molecular flexibility index (Phi) is 11.6. The third-order valence-electron chi connectivity index (χ3n) is 15.7. The van der Waals surface area contributed by atoms with Crippen molar-refractivity contribution in [2.45, 2.75) is 39.3 Å². The van der Waals surface area contributed by atoms with E-state index >= 15 is 0 Å². The van der Waals surface area contributed by atoms with Gasteiger partial charge in [-0.05, 0) is 137 Å². The molecule has 13 aromatic rings. The number of benzene rings is 13. The second-order valence-electron chi connectivity index (χ2n) is 22.5. The molecule has 366 valence electrons. The Morgan fingerprint density at radius 3 is 0.908 bits per heavy atom.